The van der Waals surface area contributed by atoms with Crippen LogP contribution in [0, 0.1) is 10.1 Å². The number of nitrogens with zero attached hydrogens (tertiary/aromatic N) is 1. The van der Waals surface area contributed by atoms with E-state index >= 15 is 0 Å². The molecule has 7 nitrogen and oxygen atoms in total. The normalized spacial score (nSPS) is 10.0. The van der Waals surface area contributed by atoms with E-state index in [1.54, 1.807) is 24.3 Å². The van der Waals surface area contributed by atoms with Crippen LogP contribution >= 0.6 is 15.9 Å². The van der Waals surface area contributed by atoms with Crippen LogP contribution in [0.3, 0.4) is 0 Å². The van der Waals surface area contributed by atoms with E-state index in [1.165, 1.54) is 20.3 Å². The predicted molar refractivity (Wildman–Crippen MR) is 88.3 cm³/mol. The van der Waals surface area contributed by atoms with Crippen molar-refractivity contribution in [2.24, 2.45) is 0 Å². The third kappa shape index (κ3) is 3.59. The Labute approximate surface area is 140 Å². The molecular formula is C15H13BrN2O5. The highest BCUT2D eigenvalue weighted by Crippen LogP contribution is 2.35. The van der Waals surface area contributed by atoms with E-state index in [9.17, 15) is 14.9 Å². The molecule has 2 aromatic carbocycles. The Bertz CT molecular complexity index is 764. The van der Waals surface area contributed by atoms with Gasteiger partial charge in [-0.15, -0.1) is 0 Å². The summed E-state index contributed by atoms with van der Waals surface area (Å²) in [6, 6.07) is 9.39. The SMILES string of the molecule is COc1cc(C(=O)Nc2ccccc2Br)c([N+](=O)[O-])cc1OC. The fourth-order valence-corrected chi connectivity index (χ4v) is 2.34. The van der Waals surface area contributed by atoms with Crippen LogP contribution in [0.25, 0.3) is 0 Å². The second-order valence-corrected chi connectivity index (χ2v) is 5.27. The first kappa shape index (κ1) is 16.8. The Morgan fingerprint density at radius 1 is 1.17 bits per heavy atom. The lowest BCUT2D eigenvalue weighted by molar-refractivity contribution is -0.385. The molecule has 1 N–H and O–H groups in total. The van der Waals surface area contributed by atoms with Crippen molar-refractivity contribution >= 4 is 33.2 Å². The van der Waals surface area contributed by atoms with Gasteiger partial charge in [-0.05, 0) is 28.1 Å². The number of halogens is 1. The van der Waals surface area contributed by atoms with Crippen LogP contribution in [0.5, 0.6) is 11.5 Å². The fourth-order valence-electron chi connectivity index (χ4n) is 1.95. The lowest BCUT2D eigenvalue weighted by Gasteiger charge is -2.11. The van der Waals surface area contributed by atoms with Crippen molar-refractivity contribution in [3.63, 3.8) is 0 Å². The van der Waals surface area contributed by atoms with E-state index in [0.717, 1.165) is 6.07 Å². The lowest BCUT2D eigenvalue weighted by atomic mass is 10.1. The van der Waals surface area contributed by atoms with Gasteiger partial charge in [0.25, 0.3) is 11.6 Å². The number of benzene rings is 2. The maximum absolute atomic E-state index is 12.4. The van der Waals surface area contributed by atoms with Gasteiger partial charge in [0.05, 0.1) is 30.9 Å². The standard InChI is InChI=1S/C15H13BrN2O5/c1-22-13-7-9(12(18(20)21)8-14(13)23-2)15(19)17-11-6-4-3-5-10(11)16/h3-8H,1-2H3,(H,17,19). The molecule has 0 fully saturated rings. The van der Waals surface area contributed by atoms with Gasteiger partial charge in [0.15, 0.2) is 11.5 Å². The zero-order valence-corrected chi connectivity index (χ0v) is 13.9. The molecule has 0 aliphatic heterocycles. The smallest absolute Gasteiger partial charge is 0.286 e. The summed E-state index contributed by atoms with van der Waals surface area (Å²) in [5, 5.41) is 13.9. The van der Waals surface area contributed by atoms with Crippen molar-refractivity contribution in [3.8, 4) is 11.5 Å². The molecule has 0 saturated heterocycles. The molecule has 0 spiro atoms. The van der Waals surface area contributed by atoms with Gasteiger partial charge in [0.1, 0.15) is 5.56 Å². The molecule has 0 aromatic heterocycles. The summed E-state index contributed by atoms with van der Waals surface area (Å²) >= 11 is 3.30. The van der Waals surface area contributed by atoms with Gasteiger partial charge in [-0.1, -0.05) is 12.1 Å². The van der Waals surface area contributed by atoms with Crippen LogP contribution in [-0.2, 0) is 0 Å². The van der Waals surface area contributed by atoms with Crippen LogP contribution in [0.1, 0.15) is 10.4 Å². The van der Waals surface area contributed by atoms with Gasteiger partial charge >= 0.3 is 0 Å². The van der Waals surface area contributed by atoms with Crippen molar-refractivity contribution in [1.82, 2.24) is 0 Å². The molecule has 0 heterocycles. The highest BCUT2D eigenvalue weighted by atomic mass is 79.9. The highest BCUT2D eigenvalue weighted by Gasteiger charge is 2.24. The quantitative estimate of drug-likeness (QED) is 0.631. The predicted octanol–water partition coefficient (Wildman–Crippen LogP) is 3.63. The molecular weight excluding hydrogens is 368 g/mol. The number of nitro groups is 1. The number of methoxy groups -OCH3 is 2. The van der Waals surface area contributed by atoms with Gasteiger partial charge in [0, 0.05) is 10.5 Å². The van der Waals surface area contributed by atoms with Crippen molar-refractivity contribution in [2.45, 2.75) is 0 Å². The molecule has 0 bridgehead atoms. The molecule has 0 radical (unpaired) electrons. The summed E-state index contributed by atoms with van der Waals surface area (Å²) in [5.74, 6) is -0.212. The second kappa shape index (κ2) is 7.10. The minimum absolute atomic E-state index is 0.122. The van der Waals surface area contributed by atoms with Crippen LogP contribution in [0.15, 0.2) is 40.9 Å². The summed E-state index contributed by atoms with van der Waals surface area (Å²) in [6.45, 7) is 0. The number of ether oxygens (including phenoxy) is 2. The fraction of sp³-hybridized carbons (Fsp3) is 0.133. The van der Waals surface area contributed by atoms with Crippen LogP contribution in [0.2, 0.25) is 0 Å². The highest BCUT2D eigenvalue weighted by molar-refractivity contribution is 9.10. The average molecular weight is 381 g/mol. The van der Waals surface area contributed by atoms with Gasteiger partial charge in [-0.25, -0.2) is 0 Å². The van der Waals surface area contributed by atoms with Gasteiger partial charge in [-0.2, -0.15) is 0 Å². The lowest BCUT2D eigenvalue weighted by Crippen LogP contribution is -2.14. The minimum atomic E-state index is -0.642. The van der Waals surface area contributed by atoms with Crippen LogP contribution in [0.4, 0.5) is 11.4 Å². The molecule has 23 heavy (non-hydrogen) atoms. The van der Waals surface area contributed by atoms with E-state index in [2.05, 4.69) is 21.2 Å². The monoisotopic (exact) mass is 380 g/mol. The Kier molecular flexibility index (Phi) is 5.17. The number of nitrogens with one attached hydrogen (secondary N) is 1. The molecule has 2 aromatic rings. The number of para-hydroxylation sites is 1. The third-order valence-electron chi connectivity index (χ3n) is 3.07. The number of rotatable bonds is 5. The summed E-state index contributed by atoms with van der Waals surface area (Å²) < 4.78 is 10.8. The van der Waals surface area contributed by atoms with E-state index in [1.807, 2.05) is 0 Å². The zero-order chi connectivity index (χ0) is 17.0. The summed E-state index contributed by atoms with van der Waals surface area (Å²) in [7, 11) is 2.75. The van der Waals surface area contributed by atoms with Gasteiger partial charge < -0.3 is 14.8 Å². The number of hydrogen-bond acceptors (Lipinski definition) is 5. The van der Waals surface area contributed by atoms with Crippen molar-refractivity contribution in [1.29, 1.82) is 0 Å². The number of carbonyl (C=O) groups excluding carboxylic acids is 1. The number of amides is 1. The van der Waals surface area contributed by atoms with Crippen molar-refractivity contribution in [2.75, 3.05) is 19.5 Å². The Morgan fingerprint density at radius 2 is 1.78 bits per heavy atom. The average Bonchev–Trinajstić information content (AvgIpc) is 2.55. The summed E-state index contributed by atoms with van der Waals surface area (Å²) in [5.41, 5.74) is 0.0113. The topological polar surface area (TPSA) is 90.7 Å². The van der Waals surface area contributed by atoms with Crippen molar-refractivity contribution in [3.05, 3.63) is 56.5 Å². The maximum Gasteiger partial charge on any atom is 0.286 e. The first-order valence-corrected chi connectivity index (χ1v) is 7.23. The zero-order valence-electron chi connectivity index (χ0n) is 12.3. The first-order valence-electron chi connectivity index (χ1n) is 6.44. The Balaban J connectivity index is 2.46. The second-order valence-electron chi connectivity index (χ2n) is 4.42. The summed E-state index contributed by atoms with van der Waals surface area (Å²) in [6.07, 6.45) is 0. The van der Waals surface area contributed by atoms with Crippen molar-refractivity contribution < 1.29 is 19.2 Å². The maximum atomic E-state index is 12.4. The minimum Gasteiger partial charge on any atom is -0.493 e. The molecule has 2 rings (SSSR count). The van der Waals surface area contributed by atoms with E-state index in [4.69, 9.17) is 9.47 Å². The molecule has 1 amide bonds. The van der Waals surface area contributed by atoms with E-state index < -0.39 is 10.8 Å². The largest absolute Gasteiger partial charge is 0.493 e. The Morgan fingerprint density at radius 3 is 2.35 bits per heavy atom. The Hall–Kier alpha value is -2.61. The molecule has 8 heteroatoms. The number of anilines is 1. The van der Waals surface area contributed by atoms with Crippen LogP contribution < -0.4 is 14.8 Å². The molecule has 120 valence electrons. The van der Waals surface area contributed by atoms with Crippen LogP contribution in [-0.4, -0.2) is 25.1 Å². The van der Waals surface area contributed by atoms with Gasteiger partial charge in [0.2, 0.25) is 0 Å². The molecule has 0 aliphatic carbocycles. The van der Waals surface area contributed by atoms with Gasteiger partial charge in [-0.3, -0.25) is 14.9 Å². The number of nitro benzene ring substituents is 1. The van der Waals surface area contributed by atoms with E-state index in [0.29, 0.717) is 10.2 Å². The first-order chi connectivity index (χ1) is 11.0. The summed E-state index contributed by atoms with van der Waals surface area (Å²) in [4.78, 5) is 23.0. The molecule has 0 atom stereocenters. The molecule has 0 unspecified atom stereocenters. The number of hydrogen-bond donors (Lipinski definition) is 1. The third-order valence-corrected chi connectivity index (χ3v) is 3.76. The number of carbonyl (C=O) groups is 1. The molecule has 0 aliphatic rings. The van der Waals surface area contributed by atoms with E-state index in [-0.39, 0.29) is 22.7 Å². The molecule has 0 saturated carbocycles.